The number of carbonyl (C=O) groups excluding carboxylic acids is 1. The number of anilines is 1. The monoisotopic (exact) mass is 532 g/mol. The van der Waals surface area contributed by atoms with Gasteiger partial charge in [0.1, 0.15) is 17.3 Å². The second-order valence-electron chi connectivity index (χ2n) is 8.22. The second kappa shape index (κ2) is 12.1. The van der Waals surface area contributed by atoms with Gasteiger partial charge in [0.15, 0.2) is 0 Å². The molecule has 1 saturated heterocycles. The number of halogens is 4. The van der Waals surface area contributed by atoms with Crippen LogP contribution in [0, 0.1) is 11.8 Å². The minimum atomic E-state index is -4.55. The summed E-state index contributed by atoms with van der Waals surface area (Å²) in [4.78, 5) is 20.9. The third-order valence-corrected chi connectivity index (χ3v) is 5.74. The van der Waals surface area contributed by atoms with E-state index in [2.05, 4.69) is 32.0 Å². The number of aromatic nitrogens is 2. The van der Waals surface area contributed by atoms with Crippen molar-refractivity contribution in [2.75, 3.05) is 44.8 Å². The Morgan fingerprint density at radius 1 is 1.22 bits per heavy atom. The summed E-state index contributed by atoms with van der Waals surface area (Å²) in [6.07, 6.45) is -3.08. The van der Waals surface area contributed by atoms with E-state index in [1.165, 1.54) is 6.07 Å². The molecule has 0 spiro atoms. The van der Waals surface area contributed by atoms with Gasteiger partial charge in [-0.25, -0.2) is 4.98 Å². The number of imidazole rings is 1. The molecule has 7 nitrogen and oxygen atoms in total. The normalized spacial score (nSPS) is 14.1. The van der Waals surface area contributed by atoms with Gasteiger partial charge in [0.25, 0.3) is 0 Å². The molecule has 0 saturated carbocycles. The minimum Gasteiger partial charge on any atom is -0.491 e. The fourth-order valence-corrected chi connectivity index (χ4v) is 3.85. The van der Waals surface area contributed by atoms with Crippen molar-refractivity contribution >= 4 is 23.2 Å². The molecule has 0 aliphatic carbocycles. The lowest BCUT2D eigenvalue weighted by atomic mass is 10.1. The highest BCUT2D eigenvalue weighted by molar-refractivity contribution is 6.30. The van der Waals surface area contributed by atoms with Crippen LogP contribution in [0.25, 0.3) is 11.4 Å². The number of nitrogens with one attached hydrogen (secondary N) is 2. The number of carbonyl (C=O) groups is 1. The number of rotatable bonds is 7. The van der Waals surface area contributed by atoms with Crippen molar-refractivity contribution in [1.82, 2.24) is 14.9 Å². The number of nitrogens with zero attached hydrogens (tertiary/aromatic N) is 2. The second-order valence-corrected chi connectivity index (χ2v) is 8.66. The minimum absolute atomic E-state index is 0.00621. The molecule has 0 unspecified atom stereocenters. The van der Waals surface area contributed by atoms with E-state index in [0.717, 1.165) is 32.3 Å². The van der Waals surface area contributed by atoms with E-state index < -0.39 is 17.8 Å². The Morgan fingerprint density at radius 3 is 2.76 bits per heavy atom. The number of benzene rings is 2. The van der Waals surface area contributed by atoms with E-state index in [0.29, 0.717) is 41.7 Å². The maximum absolute atomic E-state index is 13.0. The molecule has 1 aliphatic heterocycles. The van der Waals surface area contributed by atoms with Gasteiger partial charge in [0.05, 0.1) is 31.7 Å². The van der Waals surface area contributed by atoms with Gasteiger partial charge in [-0.05, 0) is 42.8 Å². The molecule has 1 amide bonds. The number of H-pyrrole nitrogens is 1. The molecule has 2 aromatic carbocycles. The van der Waals surface area contributed by atoms with Gasteiger partial charge >= 0.3 is 12.1 Å². The van der Waals surface area contributed by atoms with Gasteiger partial charge in [-0.15, -0.1) is 0 Å². The molecule has 0 bridgehead atoms. The summed E-state index contributed by atoms with van der Waals surface area (Å²) in [7, 11) is 0. The SMILES string of the molecule is O=C(C#Cc1cccc(Cl)c1)Nc1cc(-c2ncc(C(F)(F)F)[nH]2)ccc1OCCCN1CCOCC1. The molecular weight excluding hydrogens is 509 g/mol. The van der Waals surface area contributed by atoms with Crippen LogP contribution < -0.4 is 10.1 Å². The number of hydrogen-bond donors (Lipinski definition) is 2. The molecule has 11 heteroatoms. The molecule has 1 aromatic heterocycles. The number of amides is 1. The Bertz CT molecular complexity index is 1290. The lowest BCUT2D eigenvalue weighted by Crippen LogP contribution is -2.37. The van der Waals surface area contributed by atoms with E-state index >= 15 is 0 Å². The molecular formula is C26H24ClF3N4O3. The average Bonchev–Trinajstić information content (AvgIpc) is 3.38. The average molecular weight is 533 g/mol. The van der Waals surface area contributed by atoms with Crippen LogP contribution in [0.2, 0.25) is 5.02 Å². The molecule has 37 heavy (non-hydrogen) atoms. The van der Waals surface area contributed by atoms with Crippen LogP contribution in [0.15, 0.2) is 48.7 Å². The van der Waals surface area contributed by atoms with Gasteiger partial charge in [-0.1, -0.05) is 23.6 Å². The summed E-state index contributed by atoms with van der Waals surface area (Å²) in [6, 6.07) is 11.4. The molecule has 2 heterocycles. The van der Waals surface area contributed by atoms with Crippen molar-refractivity contribution in [2.24, 2.45) is 0 Å². The van der Waals surface area contributed by atoms with Gasteiger partial charge in [0.2, 0.25) is 0 Å². The van der Waals surface area contributed by atoms with Crippen LogP contribution in [-0.4, -0.2) is 60.2 Å². The van der Waals surface area contributed by atoms with Crippen LogP contribution in [-0.2, 0) is 15.7 Å². The molecule has 0 atom stereocenters. The van der Waals surface area contributed by atoms with E-state index in [4.69, 9.17) is 21.1 Å². The number of morpholine rings is 1. The Morgan fingerprint density at radius 2 is 2.03 bits per heavy atom. The third-order valence-electron chi connectivity index (χ3n) is 5.51. The summed E-state index contributed by atoms with van der Waals surface area (Å²) in [6.45, 7) is 4.36. The fraction of sp³-hybridized carbons (Fsp3) is 0.308. The highest BCUT2D eigenvalue weighted by atomic mass is 35.5. The Kier molecular flexibility index (Phi) is 8.71. The number of ether oxygens (including phenoxy) is 2. The van der Waals surface area contributed by atoms with E-state index in [9.17, 15) is 18.0 Å². The van der Waals surface area contributed by atoms with Crippen LogP contribution in [0.3, 0.4) is 0 Å². The van der Waals surface area contributed by atoms with Crippen LogP contribution in [0.4, 0.5) is 18.9 Å². The van der Waals surface area contributed by atoms with Crippen molar-refractivity contribution in [3.8, 4) is 29.0 Å². The highest BCUT2D eigenvalue weighted by Gasteiger charge is 2.33. The molecule has 1 fully saturated rings. The third kappa shape index (κ3) is 7.73. The predicted molar refractivity (Wildman–Crippen MR) is 133 cm³/mol. The van der Waals surface area contributed by atoms with Gasteiger partial charge in [-0.2, -0.15) is 13.2 Å². The number of alkyl halides is 3. The fourth-order valence-electron chi connectivity index (χ4n) is 3.66. The van der Waals surface area contributed by atoms with Gasteiger partial charge in [-0.3, -0.25) is 9.69 Å². The van der Waals surface area contributed by atoms with Gasteiger partial charge in [0, 0.05) is 41.7 Å². The van der Waals surface area contributed by atoms with E-state index in [-0.39, 0.29) is 11.5 Å². The number of aromatic amines is 1. The molecule has 1 aliphatic rings. The summed E-state index contributed by atoms with van der Waals surface area (Å²) in [5.41, 5.74) is 0.198. The van der Waals surface area contributed by atoms with Crippen LogP contribution in [0.1, 0.15) is 17.7 Å². The topological polar surface area (TPSA) is 79.5 Å². The van der Waals surface area contributed by atoms with Crippen LogP contribution >= 0.6 is 11.6 Å². The zero-order valence-corrected chi connectivity index (χ0v) is 20.5. The standard InChI is InChI=1S/C26H24ClF3N4O3/c27-20-4-1-3-18(15-20)5-8-24(35)32-21-16-19(25-31-17-23(33-25)26(28,29)30)6-7-22(21)37-12-2-9-34-10-13-36-14-11-34/h1,3-4,6-7,15-17H,2,9-14H2,(H,31,33)(H,32,35). The Labute approximate surface area is 216 Å². The maximum Gasteiger partial charge on any atom is 0.432 e. The zero-order valence-electron chi connectivity index (χ0n) is 19.7. The first-order valence-electron chi connectivity index (χ1n) is 11.6. The zero-order chi connectivity index (χ0) is 26.3. The largest absolute Gasteiger partial charge is 0.491 e. The van der Waals surface area contributed by atoms with Gasteiger partial charge < -0.3 is 19.8 Å². The Hall–Kier alpha value is -3.52. The summed E-state index contributed by atoms with van der Waals surface area (Å²) >= 11 is 5.95. The van der Waals surface area contributed by atoms with E-state index in [1.54, 1.807) is 36.4 Å². The molecule has 194 valence electrons. The molecule has 0 radical (unpaired) electrons. The molecule has 3 aromatic rings. The summed E-state index contributed by atoms with van der Waals surface area (Å²) in [5.74, 6) is 4.98. The molecule has 2 N–H and O–H groups in total. The lowest BCUT2D eigenvalue weighted by Gasteiger charge is -2.26. The van der Waals surface area contributed by atoms with E-state index in [1.807, 2.05) is 0 Å². The molecule has 4 rings (SSSR count). The number of hydrogen-bond acceptors (Lipinski definition) is 5. The van der Waals surface area contributed by atoms with Crippen molar-refractivity contribution in [3.05, 3.63) is 64.9 Å². The van der Waals surface area contributed by atoms with Crippen molar-refractivity contribution in [3.63, 3.8) is 0 Å². The van der Waals surface area contributed by atoms with Crippen molar-refractivity contribution < 1.29 is 27.4 Å². The summed E-state index contributed by atoms with van der Waals surface area (Å²) < 4.78 is 50.3. The first-order chi connectivity index (χ1) is 17.8. The highest BCUT2D eigenvalue weighted by Crippen LogP contribution is 2.33. The maximum atomic E-state index is 13.0. The lowest BCUT2D eigenvalue weighted by molar-refractivity contribution is -0.140. The van der Waals surface area contributed by atoms with Crippen molar-refractivity contribution in [2.45, 2.75) is 12.6 Å². The first-order valence-corrected chi connectivity index (χ1v) is 11.9. The summed E-state index contributed by atoms with van der Waals surface area (Å²) in [5, 5.41) is 3.16. The Balaban J connectivity index is 1.50. The smallest absolute Gasteiger partial charge is 0.432 e. The van der Waals surface area contributed by atoms with Crippen LogP contribution in [0.5, 0.6) is 5.75 Å². The van der Waals surface area contributed by atoms with Crippen molar-refractivity contribution in [1.29, 1.82) is 0 Å². The predicted octanol–water partition coefficient (Wildman–Crippen LogP) is 4.84. The first kappa shape index (κ1) is 26.5. The quantitative estimate of drug-likeness (QED) is 0.336.